The zero-order valence-electron chi connectivity index (χ0n) is 15.9. The third-order valence-electron chi connectivity index (χ3n) is 4.68. The highest BCUT2D eigenvalue weighted by Gasteiger charge is 2.20. The van der Waals surface area contributed by atoms with Crippen molar-refractivity contribution < 1.29 is 14.2 Å². The van der Waals surface area contributed by atoms with Gasteiger partial charge in [0.05, 0.1) is 19.3 Å². The van der Waals surface area contributed by atoms with Gasteiger partial charge in [0.1, 0.15) is 0 Å². The van der Waals surface area contributed by atoms with Crippen LogP contribution in [0, 0.1) is 0 Å². The highest BCUT2D eigenvalue weighted by Crippen LogP contribution is 2.27. The van der Waals surface area contributed by atoms with Crippen LogP contribution < -0.4 is 15.2 Å². The van der Waals surface area contributed by atoms with E-state index < -0.39 is 0 Å². The van der Waals surface area contributed by atoms with Gasteiger partial charge in [-0.2, -0.15) is 15.0 Å². The molecular formula is C18H29N5O3. The van der Waals surface area contributed by atoms with Gasteiger partial charge in [-0.15, -0.1) is 0 Å². The van der Waals surface area contributed by atoms with Crippen LogP contribution in [-0.4, -0.2) is 45.4 Å². The maximum absolute atomic E-state index is 6.09. The van der Waals surface area contributed by atoms with E-state index >= 15 is 0 Å². The van der Waals surface area contributed by atoms with E-state index in [-0.39, 0.29) is 6.10 Å². The number of nitrogens with zero attached hydrogens (tertiary/aromatic N) is 4. The van der Waals surface area contributed by atoms with E-state index in [0.29, 0.717) is 35.1 Å². The van der Waals surface area contributed by atoms with E-state index in [1.165, 1.54) is 0 Å². The van der Waals surface area contributed by atoms with Gasteiger partial charge in [0.15, 0.2) is 17.0 Å². The Morgan fingerprint density at radius 3 is 2.88 bits per heavy atom. The zero-order chi connectivity index (χ0) is 18.5. The number of methoxy groups -OCH3 is 1. The lowest BCUT2D eigenvalue weighted by Gasteiger charge is -2.13. The lowest BCUT2D eigenvalue weighted by atomic mass is 10.1. The normalized spacial score (nSPS) is 18.3. The van der Waals surface area contributed by atoms with E-state index in [2.05, 4.69) is 21.9 Å². The van der Waals surface area contributed by atoms with Crippen molar-refractivity contribution in [2.24, 2.45) is 0 Å². The summed E-state index contributed by atoms with van der Waals surface area (Å²) in [4.78, 5) is 13.2. The summed E-state index contributed by atoms with van der Waals surface area (Å²) in [6, 6.07) is 0.783. The predicted molar refractivity (Wildman–Crippen MR) is 99.5 cm³/mol. The molecular weight excluding hydrogens is 334 g/mol. The molecule has 0 bridgehead atoms. The Kier molecular flexibility index (Phi) is 6.13. The van der Waals surface area contributed by atoms with Gasteiger partial charge in [-0.1, -0.05) is 13.3 Å². The lowest BCUT2D eigenvalue weighted by molar-refractivity contribution is 0.101. The summed E-state index contributed by atoms with van der Waals surface area (Å²) in [5.41, 5.74) is 7.29. The number of aromatic nitrogens is 4. The molecule has 2 N–H and O–H groups in total. The van der Waals surface area contributed by atoms with Crippen molar-refractivity contribution in [3.05, 3.63) is 0 Å². The van der Waals surface area contributed by atoms with Crippen LogP contribution in [0.15, 0.2) is 0 Å². The highest BCUT2D eigenvalue weighted by molar-refractivity contribution is 5.83. The van der Waals surface area contributed by atoms with Crippen molar-refractivity contribution in [1.29, 1.82) is 0 Å². The lowest BCUT2D eigenvalue weighted by Crippen LogP contribution is -2.14. The zero-order valence-corrected chi connectivity index (χ0v) is 15.9. The summed E-state index contributed by atoms with van der Waals surface area (Å²) in [6.07, 6.45) is 6.64. The van der Waals surface area contributed by atoms with Crippen LogP contribution >= 0.6 is 0 Å². The number of nitrogens with two attached hydrogens (primary N) is 1. The Hall–Kier alpha value is -2.09. The van der Waals surface area contributed by atoms with Crippen molar-refractivity contribution in [3.8, 4) is 12.0 Å². The fraction of sp³-hybridized carbons (Fsp3) is 0.722. The fourth-order valence-electron chi connectivity index (χ4n) is 3.39. The van der Waals surface area contributed by atoms with Crippen molar-refractivity contribution in [1.82, 2.24) is 19.5 Å². The average Bonchev–Trinajstić information content (AvgIpc) is 3.23. The topological polar surface area (TPSA) is 97.3 Å². The van der Waals surface area contributed by atoms with E-state index in [9.17, 15) is 0 Å². The van der Waals surface area contributed by atoms with Crippen LogP contribution in [0.4, 0.5) is 5.82 Å². The Balaban J connectivity index is 1.81. The summed E-state index contributed by atoms with van der Waals surface area (Å²) in [6.45, 7) is 5.74. The summed E-state index contributed by atoms with van der Waals surface area (Å²) in [5.74, 6) is 0.310. The molecule has 0 amide bonds. The molecule has 3 rings (SSSR count). The highest BCUT2D eigenvalue weighted by atomic mass is 16.5. The molecule has 2 aromatic rings. The first-order chi connectivity index (χ1) is 12.6. The molecule has 1 unspecified atom stereocenters. The van der Waals surface area contributed by atoms with Crippen molar-refractivity contribution in [3.63, 3.8) is 0 Å². The van der Waals surface area contributed by atoms with Crippen molar-refractivity contribution >= 4 is 17.0 Å². The van der Waals surface area contributed by atoms with Crippen LogP contribution in [0.3, 0.4) is 0 Å². The van der Waals surface area contributed by atoms with Crippen LogP contribution in [0.25, 0.3) is 11.2 Å². The maximum atomic E-state index is 6.09. The molecule has 2 atom stereocenters. The summed E-state index contributed by atoms with van der Waals surface area (Å²) < 4.78 is 18.9. The van der Waals surface area contributed by atoms with E-state index in [1.54, 1.807) is 7.11 Å². The quantitative estimate of drug-likeness (QED) is 0.731. The number of hydrogen-bond acceptors (Lipinski definition) is 7. The van der Waals surface area contributed by atoms with Crippen LogP contribution in [0.1, 0.15) is 52.4 Å². The molecule has 0 aliphatic carbocycles. The number of hydrogen-bond donors (Lipinski definition) is 1. The Morgan fingerprint density at radius 2 is 2.19 bits per heavy atom. The molecule has 2 aromatic heterocycles. The second-order valence-electron chi connectivity index (χ2n) is 6.81. The predicted octanol–water partition coefficient (Wildman–Crippen LogP) is 2.94. The standard InChI is InChI=1S/C18H29N5O3/c1-4-7-12(2)26-17-21-15(19)14-16(22-17)23(18(20-14)24-3)10-5-8-13-9-6-11-25-13/h12-13H,4-11H2,1-3H3,(H2,19,21,22)/t12-,13?/m1/s1. The van der Waals surface area contributed by atoms with Gasteiger partial charge in [-0.3, -0.25) is 4.57 Å². The molecule has 1 aliphatic rings. The number of aryl methyl sites for hydroxylation is 1. The smallest absolute Gasteiger partial charge is 0.320 e. The molecule has 8 heteroatoms. The van der Waals surface area contributed by atoms with Gasteiger partial charge in [-0.25, -0.2) is 0 Å². The van der Waals surface area contributed by atoms with Gasteiger partial charge in [-0.05, 0) is 39.0 Å². The molecule has 144 valence electrons. The second-order valence-corrected chi connectivity index (χ2v) is 6.81. The van der Waals surface area contributed by atoms with E-state index in [0.717, 1.165) is 51.7 Å². The summed E-state index contributed by atoms with van der Waals surface area (Å²) >= 11 is 0. The number of nitrogen functional groups attached to an aromatic ring is 1. The van der Waals surface area contributed by atoms with Crippen molar-refractivity contribution in [2.75, 3.05) is 19.5 Å². The average molecular weight is 363 g/mol. The molecule has 0 radical (unpaired) electrons. The third-order valence-corrected chi connectivity index (χ3v) is 4.68. The van der Waals surface area contributed by atoms with Gasteiger partial charge >= 0.3 is 6.01 Å². The third kappa shape index (κ3) is 4.17. The number of ether oxygens (including phenoxy) is 3. The molecule has 0 spiro atoms. The van der Waals surface area contributed by atoms with Crippen LogP contribution in [0.2, 0.25) is 0 Å². The SMILES string of the molecule is CCC[C@@H](C)Oc1nc(N)c2nc(OC)n(CCCC3CCCO3)c2n1. The maximum Gasteiger partial charge on any atom is 0.320 e. The first-order valence-electron chi connectivity index (χ1n) is 9.48. The summed E-state index contributed by atoms with van der Waals surface area (Å²) in [7, 11) is 1.60. The van der Waals surface area contributed by atoms with E-state index in [4.69, 9.17) is 19.9 Å². The number of anilines is 1. The van der Waals surface area contributed by atoms with Gasteiger partial charge in [0.2, 0.25) is 0 Å². The van der Waals surface area contributed by atoms with Gasteiger partial charge in [0.25, 0.3) is 6.01 Å². The number of rotatable bonds is 9. The minimum absolute atomic E-state index is 0.0367. The van der Waals surface area contributed by atoms with Crippen molar-refractivity contribution in [2.45, 2.75) is 71.1 Å². The Morgan fingerprint density at radius 1 is 1.35 bits per heavy atom. The second kappa shape index (κ2) is 8.53. The monoisotopic (exact) mass is 363 g/mol. The number of imidazole rings is 1. The molecule has 0 saturated carbocycles. The van der Waals surface area contributed by atoms with E-state index in [1.807, 2.05) is 11.5 Å². The van der Waals surface area contributed by atoms with Gasteiger partial charge in [0, 0.05) is 13.2 Å². The molecule has 1 saturated heterocycles. The molecule has 8 nitrogen and oxygen atoms in total. The molecule has 26 heavy (non-hydrogen) atoms. The minimum Gasteiger partial charge on any atom is -0.468 e. The molecule has 1 fully saturated rings. The largest absolute Gasteiger partial charge is 0.468 e. The van der Waals surface area contributed by atoms with Gasteiger partial charge < -0.3 is 19.9 Å². The van der Waals surface area contributed by atoms with Crippen LogP contribution in [-0.2, 0) is 11.3 Å². The number of fused-ring (bicyclic) bond motifs is 1. The fourth-order valence-corrected chi connectivity index (χ4v) is 3.39. The minimum atomic E-state index is 0.0367. The Bertz CT molecular complexity index is 727. The summed E-state index contributed by atoms with van der Waals surface area (Å²) in [5, 5.41) is 0. The molecule has 3 heterocycles. The Labute approximate surface area is 154 Å². The van der Waals surface area contributed by atoms with Crippen LogP contribution in [0.5, 0.6) is 12.0 Å². The first kappa shape index (κ1) is 18.7. The molecule has 1 aliphatic heterocycles. The molecule has 0 aromatic carbocycles. The first-order valence-corrected chi connectivity index (χ1v) is 9.48.